The number of hydrogen-bond acceptors (Lipinski definition) is 4. The number of nitrogens with one attached hydrogen (secondary N) is 1. The molecule has 0 atom stereocenters. The lowest BCUT2D eigenvalue weighted by Crippen LogP contribution is -2.17. The highest BCUT2D eigenvalue weighted by Crippen LogP contribution is 1.93. The molecule has 0 radical (unpaired) electrons. The average Bonchev–Trinajstić information content (AvgIpc) is 2.85. The van der Waals surface area contributed by atoms with Gasteiger partial charge in [-0.3, -0.25) is 0 Å². The van der Waals surface area contributed by atoms with Gasteiger partial charge in [0.2, 0.25) is 0 Å². The van der Waals surface area contributed by atoms with Crippen LogP contribution in [-0.2, 0) is 0 Å². The van der Waals surface area contributed by atoms with Gasteiger partial charge in [0, 0.05) is 16.7 Å². The zero-order valence-corrected chi connectivity index (χ0v) is 8.44. The van der Waals surface area contributed by atoms with E-state index in [1.54, 1.807) is 18.3 Å². The minimum atomic E-state index is 0.124. The van der Waals surface area contributed by atoms with Crippen LogP contribution < -0.4 is 15.8 Å². The lowest BCUT2D eigenvalue weighted by molar-refractivity contribution is 1.07. The Labute approximate surface area is 92.5 Å². The minimum absolute atomic E-state index is 0.124. The van der Waals surface area contributed by atoms with Gasteiger partial charge in [0.1, 0.15) is 23.5 Å². The van der Waals surface area contributed by atoms with Crippen molar-refractivity contribution in [3.8, 4) is 12.1 Å². The number of aliphatic imine (C=N–C) groups is 1. The van der Waals surface area contributed by atoms with Crippen molar-refractivity contribution in [3.63, 3.8) is 0 Å². The predicted molar refractivity (Wildman–Crippen MR) is 60.2 cm³/mol. The first-order valence-electron chi connectivity index (χ1n) is 4.76. The average molecular weight is 208 g/mol. The molecule has 0 amide bonds. The van der Waals surface area contributed by atoms with Gasteiger partial charge in [0.15, 0.2) is 0 Å². The van der Waals surface area contributed by atoms with Crippen LogP contribution in [0.4, 0.5) is 0 Å². The summed E-state index contributed by atoms with van der Waals surface area (Å²) in [7, 11) is 0. The van der Waals surface area contributed by atoms with Gasteiger partial charge in [0.25, 0.3) is 0 Å². The van der Waals surface area contributed by atoms with Gasteiger partial charge in [-0.25, -0.2) is 4.99 Å². The molecule has 76 valence electrons. The summed E-state index contributed by atoms with van der Waals surface area (Å²) in [6.45, 7) is 0.741. The number of nitrogens with zero attached hydrogens (tertiary/aromatic N) is 3. The molecular weight excluding hydrogens is 200 g/mol. The second-order valence-electron chi connectivity index (χ2n) is 3.22. The predicted octanol–water partition coefficient (Wildman–Crippen LogP) is -0.376. The van der Waals surface area contributed by atoms with Crippen molar-refractivity contribution in [3.05, 3.63) is 34.7 Å². The normalized spacial score (nSPS) is 12.8. The highest BCUT2D eigenvalue weighted by atomic mass is 15.1. The minimum Gasteiger partial charge on any atom is -0.365 e. The van der Waals surface area contributed by atoms with Crippen LogP contribution in [0, 0.1) is 22.7 Å². The van der Waals surface area contributed by atoms with Gasteiger partial charge in [-0.15, -0.1) is 0 Å². The van der Waals surface area contributed by atoms with Gasteiger partial charge in [-0.2, -0.15) is 10.5 Å². The monoisotopic (exact) mass is 208 g/mol. The van der Waals surface area contributed by atoms with Gasteiger partial charge in [-0.05, 0) is 0 Å². The molecule has 4 nitrogen and oxygen atoms in total. The van der Waals surface area contributed by atoms with Crippen molar-refractivity contribution in [2.45, 2.75) is 0 Å². The molecule has 0 unspecified atom stereocenters. The third kappa shape index (κ3) is 1.77. The molecule has 0 bridgehead atoms. The lowest BCUT2D eigenvalue weighted by Gasteiger charge is -1.95. The zero-order chi connectivity index (χ0) is 11.4. The molecule has 0 aliphatic carbocycles. The standard InChI is InChI=1S/C12H8N4/c13-7-11(8-14)9-1-3-10(4-2-9)12-15-5-6-16-12/h1-5,16H,6H2. The van der Waals surface area contributed by atoms with Crippen LogP contribution in [0.1, 0.15) is 0 Å². The third-order valence-electron chi connectivity index (χ3n) is 2.25. The molecule has 0 fully saturated rings. The summed E-state index contributed by atoms with van der Waals surface area (Å²) in [6.07, 6.45) is 1.80. The Bertz CT molecular complexity index is 602. The van der Waals surface area contributed by atoms with E-state index < -0.39 is 0 Å². The molecule has 1 N–H and O–H groups in total. The van der Waals surface area contributed by atoms with Crippen molar-refractivity contribution in [1.82, 2.24) is 5.32 Å². The SMILES string of the molecule is N#CC(C#N)=c1ccc(=C2N=CCN2)cc1. The lowest BCUT2D eigenvalue weighted by atomic mass is 10.2. The molecule has 0 saturated heterocycles. The number of nitriles is 2. The summed E-state index contributed by atoms with van der Waals surface area (Å²) < 4.78 is 0. The summed E-state index contributed by atoms with van der Waals surface area (Å²) >= 11 is 0. The highest BCUT2D eigenvalue weighted by molar-refractivity contribution is 5.74. The molecule has 1 aliphatic rings. The van der Waals surface area contributed by atoms with Crippen LogP contribution in [-0.4, -0.2) is 12.8 Å². The molecule has 1 heterocycles. The van der Waals surface area contributed by atoms with E-state index in [0.29, 0.717) is 5.22 Å². The Hall–Kier alpha value is -2.59. The molecule has 1 aromatic rings. The van der Waals surface area contributed by atoms with E-state index in [9.17, 15) is 0 Å². The topological polar surface area (TPSA) is 72.0 Å². The Balaban J connectivity index is 2.58. The summed E-state index contributed by atoms with van der Waals surface area (Å²) in [5.74, 6) is 0.821. The first-order chi connectivity index (χ1) is 7.85. The van der Waals surface area contributed by atoms with E-state index >= 15 is 0 Å². The fourth-order valence-electron chi connectivity index (χ4n) is 1.45. The molecule has 2 rings (SSSR count). The number of hydrogen-bond donors (Lipinski definition) is 1. The van der Waals surface area contributed by atoms with Gasteiger partial charge in [-0.1, -0.05) is 24.3 Å². The fourth-order valence-corrected chi connectivity index (χ4v) is 1.45. The van der Waals surface area contributed by atoms with E-state index in [1.807, 2.05) is 24.3 Å². The molecule has 4 heteroatoms. The van der Waals surface area contributed by atoms with Crippen molar-refractivity contribution in [1.29, 1.82) is 10.5 Å². The van der Waals surface area contributed by atoms with Crippen LogP contribution in [0.15, 0.2) is 29.3 Å². The summed E-state index contributed by atoms with van der Waals surface area (Å²) in [4.78, 5) is 4.16. The maximum atomic E-state index is 8.71. The molecular formula is C12H8N4. The molecule has 0 spiro atoms. The Kier molecular flexibility index (Phi) is 2.67. The summed E-state index contributed by atoms with van der Waals surface area (Å²) in [5.41, 5.74) is 0.124. The molecule has 16 heavy (non-hydrogen) atoms. The molecule has 0 saturated carbocycles. The van der Waals surface area contributed by atoms with Crippen LogP contribution in [0.3, 0.4) is 0 Å². The molecule has 0 aromatic heterocycles. The van der Waals surface area contributed by atoms with Crippen LogP contribution in [0.5, 0.6) is 0 Å². The van der Waals surface area contributed by atoms with Gasteiger partial charge in [0.05, 0.1) is 6.54 Å². The van der Waals surface area contributed by atoms with Crippen molar-refractivity contribution < 1.29 is 0 Å². The summed E-state index contributed by atoms with van der Waals surface area (Å²) in [6, 6.07) is 10.9. The Morgan fingerprint density at radius 2 is 1.88 bits per heavy atom. The van der Waals surface area contributed by atoms with Crippen molar-refractivity contribution in [2.75, 3.05) is 6.54 Å². The van der Waals surface area contributed by atoms with Crippen LogP contribution >= 0.6 is 0 Å². The first kappa shape index (κ1) is 9.95. The van der Waals surface area contributed by atoms with Gasteiger partial charge < -0.3 is 5.32 Å². The second kappa shape index (κ2) is 4.29. The van der Waals surface area contributed by atoms with Crippen molar-refractivity contribution >= 4 is 17.6 Å². The maximum absolute atomic E-state index is 8.71. The fraction of sp³-hybridized carbons (Fsp3) is 0.0833. The largest absolute Gasteiger partial charge is 0.365 e. The van der Waals surface area contributed by atoms with E-state index in [-0.39, 0.29) is 5.57 Å². The smallest absolute Gasteiger partial charge is 0.136 e. The van der Waals surface area contributed by atoms with E-state index in [2.05, 4.69) is 10.3 Å². The zero-order valence-electron chi connectivity index (χ0n) is 8.44. The maximum Gasteiger partial charge on any atom is 0.136 e. The quantitative estimate of drug-likeness (QED) is 0.632. The Morgan fingerprint density at radius 1 is 1.19 bits per heavy atom. The van der Waals surface area contributed by atoms with Crippen molar-refractivity contribution in [2.24, 2.45) is 4.99 Å². The van der Waals surface area contributed by atoms with E-state index in [0.717, 1.165) is 17.6 Å². The second-order valence-corrected chi connectivity index (χ2v) is 3.22. The van der Waals surface area contributed by atoms with Crippen LogP contribution in [0.2, 0.25) is 0 Å². The third-order valence-corrected chi connectivity index (χ3v) is 2.25. The number of benzene rings is 1. The first-order valence-corrected chi connectivity index (χ1v) is 4.76. The van der Waals surface area contributed by atoms with E-state index in [4.69, 9.17) is 10.5 Å². The highest BCUT2D eigenvalue weighted by Gasteiger charge is 1.99. The Morgan fingerprint density at radius 3 is 2.38 bits per heavy atom. The molecule has 1 aliphatic heterocycles. The number of rotatable bonds is 0. The van der Waals surface area contributed by atoms with E-state index in [1.165, 1.54) is 0 Å². The van der Waals surface area contributed by atoms with Crippen LogP contribution in [0.25, 0.3) is 11.4 Å². The summed E-state index contributed by atoms with van der Waals surface area (Å²) in [5, 5.41) is 22.1. The molecule has 1 aromatic carbocycles. The van der Waals surface area contributed by atoms with Gasteiger partial charge >= 0.3 is 0 Å².